The first-order valence-electron chi connectivity index (χ1n) is 8.44. The number of nitrogens with one attached hydrogen (secondary N) is 1. The summed E-state index contributed by atoms with van der Waals surface area (Å²) >= 11 is 0. The Bertz CT molecular complexity index is 1010. The maximum absolute atomic E-state index is 12.8. The Morgan fingerprint density at radius 1 is 0.852 bits per heavy atom. The lowest BCUT2D eigenvalue weighted by Gasteiger charge is -2.14. The van der Waals surface area contributed by atoms with Crippen LogP contribution < -0.4 is 14.4 Å². The first-order chi connectivity index (χ1) is 12.9. The molecule has 3 aromatic rings. The molecule has 1 N–H and O–H groups in total. The Morgan fingerprint density at radius 3 is 2.11 bits per heavy atom. The van der Waals surface area contributed by atoms with Gasteiger partial charge in [0.25, 0.3) is 10.0 Å². The first kappa shape index (κ1) is 18.8. The third-order valence-corrected chi connectivity index (χ3v) is 5.58. The van der Waals surface area contributed by atoms with Gasteiger partial charge in [-0.05, 0) is 59.7 Å². The number of anilines is 2. The Balaban J connectivity index is 1.86. The predicted octanol–water partition coefficient (Wildman–Crippen LogP) is 4.23. The molecule has 5 nitrogen and oxygen atoms in total. The van der Waals surface area contributed by atoms with Crippen molar-refractivity contribution in [3.05, 3.63) is 72.8 Å². The molecule has 0 radical (unpaired) electrons. The standard InChI is InChI=1S/C21H22N2O3S/c1-23(2)19-11-9-18(10-12-19)22-27(24,25)21-6-4-5-17(15-21)16-7-13-20(26-3)14-8-16/h4-15,22H,1-3H3. The third-order valence-electron chi connectivity index (χ3n) is 4.20. The lowest BCUT2D eigenvalue weighted by molar-refractivity contribution is 0.415. The van der Waals surface area contributed by atoms with Crippen LogP contribution in [0.25, 0.3) is 11.1 Å². The largest absolute Gasteiger partial charge is 0.497 e. The molecule has 0 bridgehead atoms. The van der Waals surface area contributed by atoms with Crippen LogP contribution in [0.4, 0.5) is 11.4 Å². The molecule has 3 rings (SSSR count). The smallest absolute Gasteiger partial charge is 0.261 e. The molecule has 0 spiro atoms. The van der Waals surface area contributed by atoms with Crippen molar-refractivity contribution >= 4 is 21.4 Å². The van der Waals surface area contributed by atoms with Crippen molar-refractivity contribution in [1.29, 1.82) is 0 Å². The molecule has 27 heavy (non-hydrogen) atoms. The number of sulfonamides is 1. The summed E-state index contributed by atoms with van der Waals surface area (Å²) in [7, 11) is 1.80. The van der Waals surface area contributed by atoms with Crippen molar-refractivity contribution < 1.29 is 13.2 Å². The van der Waals surface area contributed by atoms with Crippen LogP contribution >= 0.6 is 0 Å². The summed E-state index contributed by atoms with van der Waals surface area (Å²) in [5.74, 6) is 0.755. The monoisotopic (exact) mass is 382 g/mol. The van der Waals surface area contributed by atoms with Crippen molar-refractivity contribution in [2.75, 3.05) is 30.8 Å². The molecule has 0 aromatic heterocycles. The molecule has 0 amide bonds. The normalized spacial score (nSPS) is 11.1. The van der Waals surface area contributed by atoms with Gasteiger partial charge in [-0.3, -0.25) is 4.72 Å². The van der Waals surface area contributed by atoms with E-state index in [4.69, 9.17) is 4.74 Å². The fraction of sp³-hybridized carbons (Fsp3) is 0.143. The van der Waals surface area contributed by atoms with Crippen LogP contribution in [0.1, 0.15) is 0 Å². The molecule has 0 saturated heterocycles. The molecule has 0 fully saturated rings. The molecule has 0 atom stereocenters. The maximum atomic E-state index is 12.8. The lowest BCUT2D eigenvalue weighted by Crippen LogP contribution is -2.13. The van der Waals surface area contributed by atoms with Crippen LogP contribution in [-0.4, -0.2) is 29.6 Å². The zero-order valence-corrected chi connectivity index (χ0v) is 16.3. The Morgan fingerprint density at radius 2 is 1.52 bits per heavy atom. The van der Waals surface area contributed by atoms with E-state index in [1.54, 1.807) is 37.4 Å². The van der Waals surface area contributed by atoms with Crippen LogP contribution in [0.15, 0.2) is 77.7 Å². The van der Waals surface area contributed by atoms with Gasteiger partial charge >= 0.3 is 0 Å². The zero-order chi connectivity index (χ0) is 19.4. The number of nitrogens with zero attached hydrogens (tertiary/aromatic N) is 1. The molecule has 3 aromatic carbocycles. The van der Waals surface area contributed by atoms with Crippen molar-refractivity contribution in [3.63, 3.8) is 0 Å². The topological polar surface area (TPSA) is 58.6 Å². The van der Waals surface area contributed by atoms with E-state index in [2.05, 4.69) is 4.72 Å². The fourth-order valence-corrected chi connectivity index (χ4v) is 3.77. The van der Waals surface area contributed by atoms with Crippen LogP contribution in [0.5, 0.6) is 5.75 Å². The van der Waals surface area contributed by atoms with Crippen LogP contribution in [-0.2, 0) is 10.0 Å². The summed E-state index contributed by atoms with van der Waals surface area (Å²) < 4.78 is 33.3. The Kier molecular flexibility index (Phi) is 5.37. The molecule has 140 valence electrons. The number of ether oxygens (including phenoxy) is 1. The number of benzene rings is 3. The van der Waals surface area contributed by atoms with Crippen LogP contribution in [0, 0.1) is 0 Å². The minimum absolute atomic E-state index is 0.215. The second kappa shape index (κ2) is 7.72. The molecular formula is C21H22N2O3S. The second-order valence-electron chi connectivity index (χ2n) is 6.30. The number of methoxy groups -OCH3 is 1. The quantitative estimate of drug-likeness (QED) is 0.693. The number of hydrogen-bond acceptors (Lipinski definition) is 4. The van der Waals surface area contributed by atoms with Gasteiger partial charge in [0.15, 0.2) is 0 Å². The number of hydrogen-bond donors (Lipinski definition) is 1. The lowest BCUT2D eigenvalue weighted by atomic mass is 10.1. The van der Waals surface area contributed by atoms with Crippen molar-refractivity contribution in [1.82, 2.24) is 0 Å². The highest BCUT2D eigenvalue weighted by Crippen LogP contribution is 2.26. The van der Waals surface area contributed by atoms with E-state index in [0.29, 0.717) is 5.69 Å². The summed E-state index contributed by atoms with van der Waals surface area (Å²) in [6.45, 7) is 0. The van der Waals surface area contributed by atoms with Gasteiger partial charge in [-0.2, -0.15) is 0 Å². The van der Waals surface area contributed by atoms with Gasteiger partial charge in [0.1, 0.15) is 5.75 Å². The highest BCUT2D eigenvalue weighted by Gasteiger charge is 2.15. The van der Waals surface area contributed by atoms with Gasteiger partial charge < -0.3 is 9.64 Å². The van der Waals surface area contributed by atoms with Gasteiger partial charge in [-0.1, -0.05) is 24.3 Å². The summed E-state index contributed by atoms with van der Waals surface area (Å²) in [4.78, 5) is 2.17. The zero-order valence-electron chi connectivity index (χ0n) is 15.5. The Labute approximate surface area is 160 Å². The van der Waals surface area contributed by atoms with E-state index in [1.807, 2.05) is 61.5 Å². The first-order valence-corrected chi connectivity index (χ1v) is 9.92. The van der Waals surface area contributed by atoms with Gasteiger partial charge in [0.05, 0.1) is 12.0 Å². The van der Waals surface area contributed by atoms with Crippen molar-refractivity contribution in [2.24, 2.45) is 0 Å². The Hall–Kier alpha value is -2.99. The number of rotatable bonds is 6. The molecule has 0 aliphatic rings. The van der Waals surface area contributed by atoms with Gasteiger partial charge in [-0.25, -0.2) is 8.42 Å². The van der Waals surface area contributed by atoms with Crippen molar-refractivity contribution in [2.45, 2.75) is 4.90 Å². The maximum Gasteiger partial charge on any atom is 0.261 e. The molecule has 0 aliphatic carbocycles. The highest BCUT2D eigenvalue weighted by molar-refractivity contribution is 7.92. The summed E-state index contributed by atoms with van der Waals surface area (Å²) in [6, 6.07) is 21.6. The van der Waals surface area contributed by atoms with Gasteiger partial charge in [0.2, 0.25) is 0 Å². The van der Waals surface area contributed by atoms with Crippen molar-refractivity contribution in [3.8, 4) is 16.9 Å². The van der Waals surface area contributed by atoms with E-state index in [-0.39, 0.29) is 4.90 Å². The average Bonchev–Trinajstić information content (AvgIpc) is 2.68. The molecule has 0 aliphatic heterocycles. The van der Waals surface area contributed by atoms with Crippen LogP contribution in [0.3, 0.4) is 0 Å². The van der Waals surface area contributed by atoms with E-state index >= 15 is 0 Å². The summed E-state index contributed by atoms with van der Waals surface area (Å²) in [6.07, 6.45) is 0. The van der Waals surface area contributed by atoms with E-state index < -0.39 is 10.0 Å². The van der Waals surface area contributed by atoms with E-state index in [1.165, 1.54) is 0 Å². The summed E-state index contributed by atoms with van der Waals surface area (Å²) in [5, 5.41) is 0. The fourth-order valence-electron chi connectivity index (χ4n) is 2.67. The highest BCUT2D eigenvalue weighted by atomic mass is 32.2. The minimum Gasteiger partial charge on any atom is -0.497 e. The third kappa shape index (κ3) is 4.41. The van der Waals surface area contributed by atoms with Gasteiger partial charge in [-0.15, -0.1) is 0 Å². The van der Waals surface area contributed by atoms with Crippen LogP contribution in [0.2, 0.25) is 0 Å². The second-order valence-corrected chi connectivity index (χ2v) is 7.99. The average molecular weight is 382 g/mol. The SMILES string of the molecule is COc1ccc(-c2cccc(S(=O)(=O)Nc3ccc(N(C)C)cc3)c2)cc1. The molecule has 6 heteroatoms. The molecule has 0 heterocycles. The van der Waals surface area contributed by atoms with Gasteiger partial charge in [0, 0.05) is 25.5 Å². The van der Waals surface area contributed by atoms with E-state index in [0.717, 1.165) is 22.6 Å². The minimum atomic E-state index is -3.68. The van der Waals surface area contributed by atoms with E-state index in [9.17, 15) is 8.42 Å². The molecule has 0 unspecified atom stereocenters. The summed E-state index contributed by atoms with van der Waals surface area (Å²) in [5.41, 5.74) is 3.27. The predicted molar refractivity (Wildman–Crippen MR) is 110 cm³/mol. The molecular weight excluding hydrogens is 360 g/mol. The molecule has 0 saturated carbocycles.